The molecule has 84 valence electrons. The lowest BCUT2D eigenvalue weighted by molar-refractivity contribution is -0.274. The van der Waals surface area contributed by atoms with Crippen molar-refractivity contribution in [2.75, 3.05) is 5.73 Å². The van der Waals surface area contributed by atoms with Gasteiger partial charge in [-0.05, 0) is 6.07 Å². The van der Waals surface area contributed by atoms with Crippen LogP contribution in [0.3, 0.4) is 0 Å². The van der Waals surface area contributed by atoms with Crippen LogP contribution in [0.1, 0.15) is 16.2 Å². The fourth-order valence-electron chi connectivity index (χ4n) is 0.933. The number of carbonyl (C=O) groups excluding carboxylic acids is 1. The number of anilines is 1. The van der Waals surface area contributed by atoms with Crippen LogP contribution in [0, 0.1) is 11.3 Å². The van der Waals surface area contributed by atoms with Gasteiger partial charge >= 0.3 is 6.36 Å². The molecule has 1 aromatic rings. The van der Waals surface area contributed by atoms with Gasteiger partial charge in [-0.25, -0.2) is 4.98 Å². The van der Waals surface area contributed by atoms with E-state index in [4.69, 9.17) is 11.0 Å². The van der Waals surface area contributed by atoms with Crippen molar-refractivity contribution in [3.63, 3.8) is 0 Å². The molecule has 0 atom stereocenters. The van der Waals surface area contributed by atoms with Gasteiger partial charge in [0.1, 0.15) is 11.8 Å². The molecule has 0 spiro atoms. The first kappa shape index (κ1) is 11.8. The Morgan fingerprint density at radius 1 is 1.56 bits per heavy atom. The molecule has 0 saturated heterocycles. The van der Waals surface area contributed by atoms with Gasteiger partial charge in [0.15, 0.2) is 17.7 Å². The van der Waals surface area contributed by atoms with Gasteiger partial charge in [-0.2, -0.15) is 5.26 Å². The predicted molar refractivity (Wildman–Crippen MR) is 45.4 cm³/mol. The van der Waals surface area contributed by atoms with Crippen molar-refractivity contribution in [2.24, 2.45) is 0 Å². The third kappa shape index (κ3) is 2.60. The summed E-state index contributed by atoms with van der Waals surface area (Å²) >= 11 is 0. The zero-order valence-electron chi connectivity index (χ0n) is 7.58. The summed E-state index contributed by atoms with van der Waals surface area (Å²) in [6, 6.07) is 2.24. The SMILES string of the molecule is N#Cc1nc(C=O)cc(N)c1OC(F)(F)F. The van der Waals surface area contributed by atoms with Gasteiger partial charge < -0.3 is 10.5 Å². The second-order valence-electron chi connectivity index (χ2n) is 2.59. The highest BCUT2D eigenvalue weighted by Crippen LogP contribution is 2.30. The number of aldehydes is 1. The minimum atomic E-state index is -4.98. The third-order valence-electron chi connectivity index (χ3n) is 1.47. The molecule has 5 nitrogen and oxygen atoms in total. The molecule has 0 aliphatic rings. The maximum Gasteiger partial charge on any atom is 0.573 e. The van der Waals surface area contributed by atoms with Gasteiger partial charge in [-0.1, -0.05) is 0 Å². The molecule has 0 bridgehead atoms. The maximum absolute atomic E-state index is 11.9. The Morgan fingerprint density at radius 3 is 2.62 bits per heavy atom. The Labute approximate surface area is 87.3 Å². The maximum atomic E-state index is 11.9. The van der Waals surface area contributed by atoms with Crippen molar-refractivity contribution in [1.29, 1.82) is 5.26 Å². The molecule has 8 heteroatoms. The molecule has 1 aromatic heterocycles. The van der Waals surface area contributed by atoms with Gasteiger partial charge in [0, 0.05) is 0 Å². The van der Waals surface area contributed by atoms with E-state index in [1.807, 2.05) is 0 Å². The van der Waals surface area contributed by atoms with Crippen LogP contribution in [-0.2, 0) is 0 Å². The lowest BCUT2D eigenvalue weighted by Crippen LogP contribution is -2.19. The van der Waals surface area contributed by atoms with Crippen LogP contribution in [-0.4, -0.2) is 17.6 Å². The summed E-state index contributed by atoms with van der Waals surface area (Å²) in [4.78, 5) is 13.7. The van der Waals surface area contributed by atoms with Gasteiger partial charge in [0.05, 0.1) is 5.69 Å². The molecule has 0 unspecified atom stereocenters. The highest BCUT2D eigenvalue weighted by Gasteiger charge is 2.33. The fourth-order valence-corrected chi connectivity index (χ4v) is 0.933. The fraction of sp³-hybridized carbons (Fsp3) is 0.125. The van der Waals surface area contributed by atoms with Gasteiger partial charge in [-0.15, -0.1) is 13.2 Å². The highest BCUT2D eigenvalue weighted by molar-refractivity contribution is 5.76. The summed E-state index contributed by atoms with van der Waals surface area (Å²) < 4.78 is 39.3. The van der Waals surface area contributed by atoms with Crippen molar-refractivity contribution in [3.05, 3.63) is 17.5 Å². The molecule has 0 fully saturated rings. The number of ether oxygens (including phenoxy) is 1. The van der Waals surface area contributed by atoms with Gasteiger partial charge in [-0.3, -0.25) is 4.79 Å². The molecule has 0 aliphatic heterocycles. The summed E-state index contributed by atoms with van der Waals surface area (Å²) in [5, 5.41) is 8.53. The second-order valence-corrected chi connectivity index (χ2v) is 2.59. The van der Waals surface area contributed by atoms with E-state index < -0.39 is 23.5 Å². The largest absolute Gasteiger partial charge is 0.573 e. The lowest BCUT2D eigenvalue weighted by atomic mass is 10.2. The van der Waals surface area contributed by atoms with Crippen molar-refractivity contribution < 1.29 is 22.7 Å². The molecule has 0 aliphatic carbocycles. The predicted octanol–water partition coefficient (Wildman–Crippen LogP) is 1.25. The Kier molecular flexibility index (Phi) is 2.99. The van der Waals surface area contributed by atoms with Crippen LogP contribution in [0.5, 0.6) is 5.75 Å². The summed E-state index contributed by atoms with van der Waals surface area (Å²) in [6.07, 6.45) is -4.72. The van der Waals surface area contributed by atoms with Crippen LogP contribution >= 0.6 is 0 Å². The van der Waals surface area contributed by atoms with Gasteiger partial charge in [0.25, 0.3) is 0 Å². The smallest absolute Gasteiger partial charge is 0.400 e. The zero-order chi connectivity index (χ0) is 12.3. The summed E-state index contributed by atoms with van der Waals surface area (Å²) in [6.45, 7) is 0. The Hall–Kier alpha value is -2.30. The topological polar surface area (TPSA) is 89.0 Å². The number of hydrogen-bond acceptors (Lipinski definition) is 5. The number of nitriles is 1. The molecule has 0 amide bonds. The van der Waals surface area contributed by atoms with Crippen molar-refractivity contribution >= 4 is 12.0 Å². The number of aromatic nitrogens is 1. The van der Waals surface area contributed by atoms with Crippen LogP contribution in [0.15, 0.2) is 6.07 Å². The van der Waals surface area contributed by atoms with Crippen molar-refractivity contribution in [3.8, 4) is 11.8 Å². The monoisotopic (exact) mass is 231 g/mol. The number of carbonyl (C=O) groups is 1. The normalized spacial score (nSPS) is 10.6. The number of nitrogens with two attached hydrogens (primary N) is 1. The number of rotatable bonds is 2. The van der Waals surface area contributed by atoms with Crippen LogP contribution < -0.4 is 10.5 Å². The molecular weight excluding hydrogens is 227 g/mol. The average molecular weight is 231 g/mol. The third-order valence-corrected chi connectivity index (χ3v) is 1.47. The first-order chi connectivity index (χ1) is 7.37. The molecule has 16 heavy (non-hydrogen) atoms. The van der Waals surface area contributed by atoms with E-state index in [1.165, 1.54) is 6.07 Å². The average Bonchev–Trinajstić information content (AvgIpc) is 2.19. The Bertz CT molecular complexity index is 465. The standard InChI is InChI=1S/C8H4F3N3O2/c9-8(10,11)16-7-5(13)1-4(3-15)14-6(7)2-12/h1,3H,(H2,13,14). The molecular formula is C8H4F3N3O2. The number of nitrogens with zero attached hydrogens (tertiary/aromatic N) is 2. The summed E-state index contributed by atoms with van der Waals surface area (Å²) in [5.41, 5.74) is 3.78. The summed E-state index contributed by atoms with van der Waals surface area (Å²) in [7, 11) is 0. The van der Waals surface area contributed by atoms with Crippen LogP contribution in [0.4, 0.5) is 18.9 Å². The molecule has 1 heterocycles. The summed E-state index contributed by atoms with van der Waals surface area (Å²) in [5.74, 6) is -0.902. The highest BCUT2D eigenvalue weighted by atomic mass is 19.4. The number of alkyl halides is 3. The Balaban J connectivity index is 3.29. The van der Waals surface area contributed by atoms with Crippen molar-refractivity contribution in [2.45, 2.75) is 6.36 Å². The van der Waals surface area contributed by atoms with E-state index in [1.54, 1.807) is 0 Å². The van der Waals surface area contributed by atoms with Crippen LogP contribution in [0.2, 0.25) is 0 Å². The minimum Gasteiger partial charge on any atom is -0.400 e. The number of hydrogen-bond donors (Lipinski definition) is 1. The first-order valence-corrected chi connectivity index (χ1v) is 3.79. The van der Waals surface area contributed by atoms with E-state index in [2.05, 4.69) is 9.72 Å². The Morgan fingerprint density at radius 2 is 2.19 bits per heavy atom. The zero-order valence-corrected chi connectivity index (χ0v) is 7.58. The first-order valence-electron chi connectivity index (χ1n) is 3.79. The molecule has 1 rings (SSSR count). The van der Waals surface area contributed by atoms with E-state index in [9.17, 15) is 18.0 Å². The van der Waals surface area contributed by atoms with E-state index in [-0.39, 0.29) is 12.0 Å². The quantitative estimate of drug-likeness (QED) is 0.773. The molecule has 2 N–H and O–H groups in total. The van der Waals surface area contributed by atoms with Gasteiger partial charge in [0.2, 0.25) is 0 Å². The molecule has 0 aromatic carbocycles. The lowest BCUT2D eigenvalue weighted by Gasteiger charge is -2.11. The number of halogens is 3. The molecule has 0 radical (unpaired) electrons. The number of pyridine rings is 1. The molecule has 0 saturated carbocycles. The second kappa shape index (κ2) is 4.06. The van der Waals surface area contributed by atoms with E-state index in [0.29, 0.717) is 0 Å². The van der Waals surface area contributed by atoms with E-state index >= 15 is 0 Å². The van der Waals surface area contributed by atoms with Crippen LogP contribution in [0.25, 0.3) is 0 Å². The minimum absolute atomic E-state index is 0.247. The van der Waals surface area contributed by atoms with E-state index in [0.717, 1.165) is 6.07 Å². The number of nitrogen functional groups attached to an aromatic ring is 1. The van der Waals surface area contributed by atoms with Crippen molar-refractivity contribution in [1.82, 2.24) is 4.98 Å².